The molecule has 1 aromatic rings. The van der Waals surface area contributed by atoms with Gasteiger partial charge in [-0.15, -0.1) is 0 Å². The quantitative estimate of drug-likeness (QED) is 0.897. The molecule has 0 unspecified atom stereocenters. The monoisotopic (exact) mass is 296 g/mol. The fourth-order valence-electron chi connectivity index (χ4n) is 2.90. The van der Waals surface area contributed by atoms with Gasteiger partial charge in [0, 0.05) is 12.2 Å². The Hall–Kier alpha value is -1.07. The Kier molecular flexibility index (Phi) is 4.70. The van der Waals surface area contributed by atoms with Gasteiger partial charge in [0.1, 0.15) is 0 Å². The van der Waals surface area contributed by atoms with Crippen LogP contribution in [0.3, 0.4) is 0 Å². The number of nitrogens with two attached hydrogens (primary N) is 1. The third-order valence-corrected chi connectivity index (χ3v) is 5.36. The van der Waals surface area contributed by atoms with Crippen LogP contribution in [0.4, 0.5) is 5.69 Å². The van der Waals surface area contributed by atoms with Gasteiger partial charge in [-0.3, -0.25) is 0 Å². The largest absolute Gasteiger partial charge is 0.385 e. The zero-order valence-electron chi connectivity index (χ0n) is 12.2. The molecule has 2 rings (SSSR count). The van der Waals surface area contributed by atoms with Gasteiger partial charge >= 0.3 is 0 Å². The Labute approximate surface area is 121 Å². The van der Waals surface area contributed by atoms with Gasteiger partial charge in [-0.1, -0.05) is 25.8 Å². The SMILES string of the molecule is Cc1c(NCC2CCC(C)CC2)cccc1S(N)(=O)=O. The topological polar surface area (TPSA) is 72.2 Å². The Morgan fingerprint density at radius 1 is 1.25 bits per heavy atom. The highest BCUT2D eigenvalue weighted by Gasteiger charge is 2.19. The number of sulfonamides is 1. The summed E-state index contributed by atoms with van der Waals surface area (Å²) in [5.74, 6) is 1.53. The molecule has 0 saturated heterocycles. The minimum absolute atomic E-state index is 0.208. The molecule has 0 amide bonds. The number of anilines is 1. The summed E-state index contributed by atoms with van der Waals surface area (Å²) in [7, 11) is -3.65. The molecule has 1 aliphatic carbocycles. The zero-order valence-corrected chi connectivity index (χ0v) is 13.0. The predicted octanol–water partition coefficient (Wildman–Crippen LogP) is 2.88. The molecule has 0 aromatic heterocycles. The number of primary sulfonamides is 1. The lowest BCUT2D eigenvalue weighted by molar-refractivity contribution is 0.300. The first-order valence-corrected chi connectivity index (χ1v) is 8.79. The number of benzene rings is 1. The predicted molar refractivity (Wildman–Crippen MR) is 82.2 cm³/mol. The van der Waals surface area contributed by atoms with Crippen LogP contribution < -0.4 is 10.5 Å². The van der Waals surface area contributed by atoms with Crippen LogP contribution in [-0.4, -0.2) is 15.0 Å². The van der Waals surface area contributed by atoms with Crippen molar-refractivity contribution in [3.8, 4) is 0 Å². The van der Waals surface area contributed by atoms with Crippen molar-refractivity contribution in [2.75, 3.05) is 11.9 Å². The molecule has 0 radical (unpaired) electrons. The lowest BCUT2D eigenvalue weighted by Gasteiger charge is -2.27. The van der Waals surface area contributed by atoms with E-state index < -0.39 is 10.0 Å². The van der Waals surface area contributed by atoms with Gasteiger partial charge in [0.2, 0.25) is 10.0 Å². The molecule has 1 saturated carbocycles. The first-order chi connectivity index (χ1) is 9.38. The van der Waals surface area contributed by atoms with Crippen molar-refractivity contribution in [3.63, 3.8) is 0 Å². The molecule has 5 heteroatoms. The summed E-state index contributed by atoms with van der Waals surface area (Å²) in [5, 5.41) is 8.62. The summed E-state index contributed by atoms with van der Waals surface area (Å²) >= 11 is 0. The van der Waals surface area contributed by atoms with Crippen molar-refractivity contribution < 1.29 is 8.42 Å². The van der Waals surface area contributed by atoms with E-state index in [9.17, 15) is 8.42 Å². The Balaban J connectivity index is 2.03. The maximum Gasteiger partial charge on any atom is 0.238 e. The Morgan fingerprint density at radius 2 is 1.90 bits per heavy atom. The van der Waals surface area contributed by atoms with Crippen molar-refractivity contribution in [1.82, 2.24) is 0 Å². The Morgan fingerprint density at radius 3 is 2.50 bits per heavy atom. The number of hydrogen-bond acceptors (Lipinski definition) is 3. The second-order valence-corrected chi connectivity index (χ2v) is 7.51. The average molecular weight is 296 g/mol. The third-order valence-electron chi connectivity index (χ3n) is 4.31. The fraction of sp³-hybridized carbons (Fsp3) is 0.600. The average Bonchev–Trinajstić information content (AvgIpc) is 2.38. The maximum absolute atomic E-state index is 11.5. The molecular formula is C15H24N2O2S. The summed E-state index contributed by atoms with van der Waals surface area (Å²) in [5.41, 5.74) is 1.58. The molecule has 4 nitrogen and oxygen atoms in total. The molecule has 0 aliphatic heterocycles. The van der Waals surface area contributed by atoms with Gasteiger partial charge in [0.25, 0.3) is 0 Å². The summed E-state index contributed by atoms with van der Waals surface area (Å²) in [6, 6.07) is 5.20. The van der Waals surface area contributed by atoms with Crippen molar-refractivity contribution in [1.29, 1.82) is 0 Å². The molecule has 0 spiro atoms. The van der Waals surface area contributed by atoms with Gasteiger partial charge in [0.05, 0.1) is 4.90 Å². The number of nitrogens with one attached hydrogen (secondary N) is 1. The second kappa shape index (κ2) is 6.14. The molecule has 1 fully saturated rings. The third kappa shape index (κ3) is 3.73. The van der Waals surface area contributed by atoms with E-state index in [-0.39, 0.29) is 4.90 Å². The molecule has 20 heavy (non-hydrogen) atoms. The highest BCUT2D eigenvalue weighted by Crippen LogP contribution is 2.29. The van der Waals surface area contributed by atoms with Crippen LogP contribution in [0.1, 0.15) is 38.2 Å². The van der Waals surface area contributed by atoms with Crippen molar-refractivity contribution >= 4 is 15.7 Å². The molecule has 1 aliphatic rings. The van der Waals surface area contributed by atoms with Crippen molar-refractivity contribution in [2.24, 2.45) is 17.0 Å². The molecule has 1 aromatic carbocycles. The first kappa shape index (κ1) is 15.3. The van der Waals surface area contributed by atoms with Crippen LogP contribution in [0.5, 0.6) is 0 Å². The smallest absolute Gasteiger partial charge is 0.238 e. The molecule has 0 atom stereocenters. The lowest BCUT2D eigenvalue weighted by Crippen LogP contribution is -2.21. The minimum atomic E-state index is -3.65. The van der Waals surface area contributed by atoms with Crippen LogP contribution >= 0.6 is 0 Å². The van der Waals surface area contributed by atoms with E-state index in [0.717, 1.165) is 18.2 Å². The normalized spacial score (nSPS) is 23.6. The Bertz CT molecular complexity index is 561. The van der Waals surface area contributed by atoms with Crippen LogP contribution in [0, 0.1) is 18.8 Å². The minimum Gasteiger partial charge on any atom is -0.385 e. The number of hydrogen-bond donors (Lipinski definition) is 2. The molecule has 0 bridgehead atoms. The van der Waals surface area contributed by atoms with E-state index >= 15 is 0 Å². The highest BCUT2D eigenvalue weighted by molar-refractivity contribution is 7.89. The molecular weight excluding hydrogens is 272 g/mol. The summed E-state index contributed by atoms with van der Waals surface area (Å²) < 4.78 is 23.0. The summed E-state index contributed by atoms with van der Waals surface area (Å²) in [6.45, 7) is 5.01. The van der Waals surface area contributed by atoms with E-state index in [4.69, 9.17) is 5.14 Å². The van der Waals surface area contributed by atoms with Gasteiger partial charge < -0.3 is 5.32 Å². The summed E-state index contributed by atoms with van der Waals surface area (Å²) in [4.78, 5) is 0.208. The van der Waals surface area contributed by atoms with E-state index in [2.05, 4.69) is 12.2 Å². The van der Waals surface area contributed by atoms with Crippen LogP contribution in [0.25, 0.3) is 0 Å². The zero-order chi connectivity index (χ0) is 14.8. The fourth-order valence-corrected chi connectivity index (χ4v) is 3.71. The van der Waals surface area contributed by atoms with Gasteiger partial charge in [-0.2, -0.15) is 0 Å². The summed E-state index contributed by atoms with van der Waals surface area (Å²) in [6.07, 6.45) is 5.09. The molecule has 3 N–H and O–H groups in total. The lowest BCUT2D eigenvalue weighted by atomic mass is 9.83. The second-order valence-electron chi connectivity index (χ2n) is 5.98. The maximum atomic E-state index is 11.5. The van der Waals surface area contributed by atoms with Crippen molar-refractivity contribution in [2.45, 2.75) is 44.4 Å². The highest BCUT2D eigenvalue weighted by atomic mass is 32.2. The van der Waals surface area contributed by atoms with E-state index in [1.54, 1.807) is 19.1 Å². The van der Waals surface area contributed by atoms with Crippen LogP contribution in [-0.2, 0) is 10.0 Å². The van der Waals surface area contributed by atoms with E-state index in [1.165, 1.54) is 25.7 Å². The van der Waals surface area contributed by atoms with Gasteiger partial charge in [-0.05, 0) is 49.3 Å². The molecule has 112 valence electrons. The van der Waals surface area contributed by atoms with Gasteiger partial charge in [-0.25, -0.2) is 13.6 Å². The standard InChI is InChI=1S/C15H24N2O2S/c1-11-6-8-13(9-7-11)10-17-14-4-3-5-15(12(14)2)20(16,18)19/h3-5,11,13,17H,6-10H2,1-2H3,(H2,16,18,19). The van der Waals surface area contributed by atoms with Gasteiger partial charge in [0.15, 0.2) is 0 Å². The van der Waals surface area contributed by atoms with Crippen molar-refractivity contribution in [3.05, 3.63) is 23.8 Å². The van der Waals surface area contributed by atoms with E-state index in [0.29, 0.717) is 11.5 Å². The van der Waals surface area contributed by atoms with E-state index in [1.807, 2.05) is 6.07 Å². The molecule has 0 heterocycles. The number of rotatable bonds is 4. The van der Waals surface area contributed by atoms with Crippen LogP contribution in [0.15, 0.2) is 23.1 Å². The first-order valence-electron chi connectivity index (χ1n) is 7.24. The van der Waals surface area contributed by atoms with Crippen LogP contribution in [0.2, 0.25) is 0 Å².